The zero-order chi connectivity index (χ0) is 23.2. The number of fused-ring (bicyclic) bond motifs is 3. The van der Waals surface area contributed by atoms with Gasteiger partial charge in [-0.3, -0.25) is 4.79 Å². The maximum Gasteiger partial charge on any atom is 0.407 e. The van der Waals surface area contributed by atoms with Crippen LogP contribution in [0.1, 0.15) is 49.7 Å². The van der Waals surface area contributed by atoms with Crippen LogP contribution in [0.25, 0.3) is 11.1 Å². The van der Waals surface area contributed by atoms with Crippen molar-refractivity contribution < 1.29 is 24.2 Å². The van der Waals surface area contributed by atoms with Gasteiger partial charge in [-0.25, -0.2) is 9.59 Å². The number of aliphatic carboxylic acids is 1. The van der Waals surface area contributed by atoms with E-state index >= 15 is 0 Å². The number of rotatable bonds is 5. The van der Waals surface area contributed by atoms with Gasteiger partial charge >= 0.3 is 12.1 Å². The fourth-order valence-corrected chi connectivity index (χ4v) is 5.65. The van der Waals surface area contributed by atoms with E-state index in [-0.39, 0.29) is 24.5 Å². The van der Waals surface area contributed by atoms with E-state index in [9.17, 15) is 19.5 Å². The number of hydrogen-bond donors (Lipinski definition) is 2. The van der Waals surface area contributed by atoms with E-state index in [2.05, 4.69) is 29.6 Å². The largest absolute Gasteiger partial charge is 0.480 e. The molecule has 2 amide bonds. The number of carbonyl (C=O) groups is 3. The Morgan fingerprint density at radius 3 is 2.27 bits per heavy atom. The van der Waals surface area contributed by atoms with E-state index < -0.39 is 23.5 Å². The van der Waals surface area contributed by atoms with Gasteiger partial charge in [0.05, 0.1) is 5.41 Å². The average Bonchev–Trinajstić information content (AvgIpc) is 3.30. The Balaban J connectivity index is 1.25. The van der Waals surface area contributed by atoms with Crippen LogP contribution in [0.15, 0.2) is 48.5 Å². The summed E-state index contributed by atoms with van der Waals surface area (Å²) in [6.45, 7) is 2.49. The van der Waals surface area contributed by atoms with Crippen LogP contribution < -0.4 is 5.32 Å². The molecule has 2 aromatic carbocycles. The molecule has 2 aliphatic carbocycles. The molecule has 2 aromatic rings. The molecule has 3 aliphatic rings. The Bertz CT molecular complexity index is 1070. The molecule has 0 radical (unpaired) electrons. The molecular weight excluding hydrogens is 420 g/mol. The number of alkyl carbamates (subject to hydrolysis) is 1. The fraction of sp³-hybridized carbons (Fsp3) is 0.423. The molecule has 33 heavy (non-hydrogen) atoms. The third-order valence-electron chi connectivity index (χ3n) is 7.65. The van der Waals surface area contributed by atoms with E-state index in [1.807, 2.05) is 31.2 Å². The van der Waals surface area contributed by atoms with Gasteiger partial charge in [0.2, 0.25) is 5.91 Å². The van der Waals surface area contributed by atoms with Crippen molar-refractivity contribution in [2.24, 2.45) is 5.41 Å². The lowest BCUT2D eigenvalue weighted by Gasteiger charge is -2.44. The maximum atomic E-state index is 13.2. The highest BCUT2D eigenvalue weighted by Crippen LogP contribution is 2.45. The number of carboxylic acid groups (broad SMARTS) is 1. The summed E-state index contributed by atoms with van der Waals surface area (Å²) < 4.78 is 5.67. The number of hydrogen-bond acceptors (Lipinski definition) is 4. The van der Waals surface area contributed by atoms with Gasteiger partial charge in [0.25, 0.3) is 0 Å². The standard InChI is InChI=1S/C26H28N2O5/c1-26(24(31)28-14-12-21(28)23(29)30)13-6-11-22(26)27-25(32)33-15-20-18-9-4-2-7-16(18)17-8-3-5-10-19(17)20/h2-5,7-10,20-22H,6,11-15H2,1H3,(H,27,32)(H,29,30). The van der Waals surface area contributed by atoms with Crippen molar-refractivity contribution in [2.75, 3.05) is 13.2 Å². The quantitative estimate of drug-likeness (QED) is 0.726. The smallest absolute Gasteiger partial charge is 0.407 e. The average molecular weight is 449 g/mol. The van der Waals surface area contributed by atoms with Crippen LogP contribution in [-0.4, -0.2) is 53.2 Å². The molecule has 0 spiro atoms. The number of likely N-dealkylation sites (tertiary alicyclic amines) is 1. The Kier molecular flexibility index (Phi) is 5.35. The molecular formula is C26H28N2O5. The summed E-state index contributed by atoms with van der Waals surface area (Å²) in [4.78, 5) is 38.7. The Morgan fingerprint density at radius 1 is 1.06 bits per heavy atom. The van der Waals surface area contributed by atoms with Crippen LogP contribution >= 0.6 is 0 Å². The lowest BCUT2D eigenvalue weighted by Crippen LogP contribution is -2.61. The number of amides is 2. The normalized spacial score (nSPS) is 25.7. The van der Waals surface area contributed by atoms with E-state index in [0.29, 0.717) is 25.8 Å². The summed E-state index contributed by atoms with van der Waals surface area (Å²) >= 11 is 0. The Hall–Kier alpha value is -3.35. The van der Waals surface area contributed by atoms with Gasteiger partial charge in [0.1, 0.15) is 12.6 Å². The summed E-state index contributed by atoms with van der Waals surface area (Å²) in [6, 6.07) is 15.2. The van der Waals surface area contributed by atoms with Gasteiger partial charge in [0, 0.05) is 18.5 Å². The van der Waals surface area contributed by atoms with Crippen LogP contribution in [0, 0.1) is 5.41 Å². The van der Waals surface area contributed by atoms with E-state index in [1.165, 1.54) is 16.0 Å². The van der Waals surface area contributed by atoms with Gasteiger partial charge in [0.15, 0.2) is 0 Å². The second-order valence-electron chi connectivity index (χ2n) is 9.47. The number of benzene rings is 2. The number of ether oxygens (including phenoxy) is 1. The monoisotopic (exact) mass is 448 g/mol. The van der Waals surface area contributed by atoms with Crippen LogP contribution in [-0.2, 0) is 14.3 Å². The number of nitrogens with one attached hydrogen (secondary N) is 1. The molecule has 1 heterocycles. The fourth-order valence-electron chi connectivity index (χ4n) is 5.65. The number of carboxylic acids is 1. The highest BCUT2D eigenvalue weighted by molar-refractivity contribution is 5.90. The predicted molar refractivity (Wildman–Crippen MR) is 122 cm³/mol. The Labute approximate surface area is 192 Å². The Morgan fingerprint density at radius 2 is 1.70 bits per heavy atom. The minimum atomic E-state index is -0.975. The van der Waals surface area contributed by atoms with Crippen molar-refractivity contribution in [3.8, 4) is 11.1 Å². The van der Waals surface area contributed by atoms with Crippen LogP contribution in [0.2, 0.25) is 0 Å². The zero-order valence-corrected chi connectivity index (χ0v) is 18.6. The number of carbonyl (C=O) groups excluding carboxylic acids is 2. The van der Waals surface area contributed by atoms with Gasteiger partial charge in [-0.05, 0) is 48.4 Å². The van der Waals surface area contributed by atoms with Crippen LogP contribution in [0.3, 0.4) is 0 Å². The minimum absolute atomic E-state index is 0.0304. The van der Waals surface area contributed by atoms with Crippen LogP contribution in [0.4, 0.5) is 4.79 Å². The van der Waals surface area contributed by atoms with Crippen molar-refractivity contribution >= 4 is 18.0 Å². The van der Waals surface area contributed by atoms with Gasteiger partial charge < -0.3 is 20.1 Å². The van der Waals surface area contributed by atoms with Crippen LogP contribution in [0.5, 0.6) is 0 Å². The number of nitrogens with zero attached hydrogens (tertiary/aromatic N) is 1. The summed E-state index contributed by atoms with van der Waals surface area (Å²) in [5.74, 6) is -1.20. The molecule has 5 rings (SSSR count). The lowest BCUT2D eigenvalue weighted by atomic mass is 9.81. The zero-order valence-electron chi connectivity index (χ0n) is 18.6. The van der Waals surface area contributed by atoms with Crippen molar-refractivity contribution in [2.45, 2.75) is 50.6 Å². The minimum Gasteiger partial charge on any atom is -0.480 e. The molecule has 3 atom stereocenters. The van der Waals surface area contributed by atoms with Gasteiger partial charge in [-0.2, -0.15) is 0 Å². The third kappa shape index (κ3) is 3.56. The molecule has 7 nitrogen and oxygen atoms in total. The van der Waals surface area contributed by atoms with Crippen molar-refractivity contribution in [1.29, 1.82) is 0 Å². The molecule has 2 N–H and O–H groups in total. The molecule has 0 bridgehead atoms. The molecule has 172 valence electrons. The van der Waals surface area contributed by atoms with Crippen molar-refractivity contribution in [3.63, 3.8) is 0 Å². The van der Waals surface area contributed by atoms with E-state index in [0.717, 1.165) is 17.5 Å². The first-order valence-corrected chi connectivity index (χ1v) is 11.6. The third-order valence-corrected chi connectivity index (χ3v) is 7.65. The van der Waals surface area contributed by atoms with Crippen molar-refractivity contribution in [1.82, 2.24) is 10.2 Å². The maximum absolute atomic E-state index is 13.2. The second-order valence-corrected chi connectivity index (χ2v) is 9.47. The first-order chi connectivity index (χ1) is 15.9. The first kappa shape index (κ1) is 21.5. The van der Waals surface area contributed by atoms with Gasteiger partial charge in [-0.15, -0.1) is 0 Å². The highest BCUT2D eigenvalue weighted by Gasteiger charge is 2.51. The molecule has 3 unspecified atom stereocenters. The molecule has 2 fully saturated rings. The summed E-state index contributed by atoms with van der Waals surface area (Å²) in [6.07, 6.45) is 2.01. The first-order valence-electron chi connectivity index (χ1n) is 11.6. The summed E-state index contributed by atoms with van der Waals surface area (Å²) in [5.41, 5.74) is 3.80. The molecule has 0 aromatic heterocycles. The summed E-state index contributed by atoms with van der Waals surface area (Å²) in [5, 5.41) is 12.2. The highest BCUT2D eigenvalue weighted by atomic mass is 16.5. The second kappa shape index (κ2) is 8.21. The topological polar surface area (TPSA) is 95.9 Å². The molecule has 7 heteroatoms. The molecule has 1 saturated heterocycles. The summed E-state index contributed by atoms with van der Waals surface area (Å²) in [7, 11) is 0. The lowest BCUT2D eigenvalue weighted by molar-refractivity contribution is -0.163. The molecule has 1 aliphatic heterocycles. The van der Waals surface area contributed by atoms with E-state index in [1.54, 1.807) is 0 Å². The van der Waals surface area contributed by atoms with E-state index in [4.69, 9.17) is 4.74 Å². The predicted octanol–water partition coefficient (Wildman–Crippen LogP) is 3.77. The van der Waals surface area contributed by atoms with Crippen molar-refractivity contribution in [3.05, 3.63) is 59.7 Å². The van der Waals surface area contributed by atoms with Gasteiger partial charge in [-0.1, -0.05) is 55.0 Å². The molecule has 1 saturated carbocycles. The SMILES string of the molecule is CC1(C(=O)N2CCC2C(=O)O)CCCC1NC(=O)OCC1c2ccccc2-c2ccccc21.